The lowest BCUT2D eigenvalue weighted by atomic mass is 9.44. The normalized spacial score (nSPS) is 38.8. The number of carboxylic acids is 2. The van der Waals surface area contributed by atoms with Gasteiger partial charge in [-0.1, -0.05) is 114 Å². The molecule has 8 rings (SSSR count). The first-order chi connectivity index (χ1) is 38.7. The standard InChI is InChI=1S/C62H108N4O6.C6H14N2O2/c1-38(2)14-11-16-40(5)48-22-24-50-46-20-18-42-36-44(26-31-58(42,7)52(46)28-33-60(48,50)9)65(56(69)70)62(30-13-35-63,54(64)55(67)68)66(57(71)72)45-27-32-59(8)43(37-45)19-21-47-51-25-23-49(41(6)17-12-15-39(3)4)61(51,10)34-29-53(47)59;7-4-2-1-3-5(8)6(9)10/h38-54H,11-37,63-64H2,1-10H3,(H,67,68)(H,69,70)(H,71,72);5H,1-4,7-8H2,(H,9,10)/t40-,41-,42?,43?,44?,45?,46?,47?,48-,49-,50?,51?,52?,53?,54-,58+,59+,60-,61-,62?;5-/m10/s1. The van der Waals surface area contributed by atoms with Gasteiger partial charge in [-0.3, -0.25) is 19.4 Å². The second-order valence-electron chi connectivity index (χ2n) is 31.4. The van der Waals surface area contributed by atoms with Crippen LogP contribution in [-0.4, -0.2) is 97.3 Å². The van der Waals surface area contributed by atoms with E-state index in [0.717, 1.165) is 98.7 Å². The quantitative estimate of drug-likeness (QED) is 0.0332. The van der Waals surface area contributed by atoms with Crippen LogP contribution in [0.15, 0.2) is 0 Å². The second kappa shape index (κ2) is 27.6. The fourth-order valence-corrected chi connectivity index (χ4v) is 22.3. The number of amides is 2. The number of nitrogens with two attached hydrogens (primary N) is 4. The topological polar surface area (TPSA) is 260 Å². The molecule has 0 bridgehead atoms. The molecule has 8 aliphatic carbocycles. The number of aliphatic carboxylic acids is 2. The van der Waals surface area contributed by atoms with Crippen LogP contribution in [0.25, 0.3) is 0 Å². The molecular formula is C68H122N6O8. The van der Waals surface area contributed by atoms with Gasteiger partial charge in [0.15, 0.2) is 5.66 Å². The minimum atomic E-state index is -2.01. The highest BCUT2D eigenvalue weighted by Crippen LogP contribution is 2.71. The van der Waals surface area contributed by atoms with Crippen molar-refractivity contribution in [2.75, 3.05) is 13.1 Å². The first-order valence-electron chi connectivity index (χ1n) is 34.1. The van der Waals surface area contributed by atoms with Crippen LogP contribution in [0.4, 0.5) is 9.59 Å². The minimum absolute atomic E-state index is 0.0452. The van der Waals surface area contributed by atoms with E-state index >= 15 is 0 Å². The molecule has 20 atom stereocenters. The highest BCUT2D eigenvalue weighted by atomic mass is 16.4. The molecule has 8 fully saturated rings. The van der Waals surface area contributed by atoms with Gasteiger partial charge in [0, 0.05) is 12.1 Å². The van der Waals surface area contributed by atoms with E-state index in [0.29, 0.717) is 73.2 Å². The van der Waals surface area contributed by atoms with Crippen LogP contribution in [0, 0.1) is 105 Å². The monoisotopic (exact) mass is 1150 g/mol. The fourth-order valence-electron chi connectivity index (χ4n) is 22.3. The summed E-state index contributed by atoms with van der Waals surface area (Å²) in [5, 5.41) is 42.6. The first kappa shape index (κ1) is 66.8. The van der Waals surface area contributed by atoms with Gasteiger partial charge in [0.25, 0.3) is 0 Å². The Morgan fingerprint density at radius 2 is 0.878 bits per heavy atom. The van der Waals surface area contributed by atoms with E-state index in [1.54, 1.807) is 0 Å². The number of carboxylic acid groups (broad SMARTS) is 4. The molecular weight excluding hydrogens is 1030 g/mol. The molecule has 14 heteroatoms. The van der Waals surface area contributed by atoms with E-state index < -0.39 is 54.0 Å². The molecule has 0 aromatic carbocycles. The fraction of sp³-hybridized carbons (Fsp3) is 0.941. The van der Waals surface area contributed by atoms with E-state index in [1.165, 1.54) is 99.7 Å². The van der Waals surface area contributed by atoms with Gasteiger partial charge < -0.3 is 43.4 Å². The van der Waals surface area contributed by atoms with Gasteiger partial charge in [-0.25, -0.2) is 9.59 Å². The Hall–Kier alpha value is -2.68. The van der Waals surface area contributed by atoms with Crippen LogP contribution in [-0.2, 0) is 9.59 Å². The average molecular weight is 1150 g/mol. The van der Waals surface area contributed by atoms with Crippen molar-refractivity contribution in [1.29, 1.82) is 0 Å². The molecule has 0 heterocycles. The summed E-state index contributed by atoms with van der Waals surface area (Å²) in [6.07, 6.45) is 26.6. The molecule has 10 unspecified atom stereocenters. The molecule has 8 aliphatic rings. The maximum absolute atomic E-state index is 14.3. The summed E-state index contributed by atoms with van der Waals surface area (Å²) in [4.78, 5) is 54.9. The van der Waals surface area contributed by atoms with Crippen LogP contribution in [0.3, 0.4) is 0 Å². The van der Waals surface area contributed by atoms with Gasteiger partial charge in [-0.2, -0.15) is 0 Å². The van der Waals surface area contributed by atoms with Gasteiger partial charge in [0.2, 0.25) is 0 Å². The van der Waals surface area contributed by atoms with E-state index in [2.05, 4.69) is 69.2 Å². The predicted octanol–water partition coefficient (Wildman–Crippen LogP) is 14.3. The van der Waals surface area contributed by atoms with Crippen LogP contribution in [0.1, 0.15) is 255 Å². The van der Waals surface area contributed by atoms with E-state index in [-0.39, 0.29) is 42.1 Å². The van der Waals surface area contributed by atoms with Crippen molar-refractivity contribution in [3.8, 4) is 0 Å². The molecule has 0 radical (unpaired) electrons. The Morgan fingerprint density at radius 1 is 0.476 bits per heavy atom. The van der Waals surface area contributed by atoms with Crippen LogP contribution >= 0.6 is 0 Å². The van der Waals surface area contributed by atoms with E-state index in [4.69, 9.17) is 28.0 Å². The summed E-state index contributed by atoms with van der Waals surface area (Å²) in [7, 11) is 0. The zero-order valence-electron chi connectivity index (χ0n) is 53.4. The summed E-state index contributed by atoms with van der Waals surface area (Å²) < 4.78 is 0. The predicted molar refractivity (Wildman–Crippen MR) is 329 cm³/mol. The lowest BCUT2D eigenvalue weighted by molar-refractivity contribution is -0.168. The Morgan fingerprint density at radius 3 is 1.24 bits per heavy atom. The Balaban J connectivity index is 0.000000883. The largest absolute Gasteiger partial charge is 0.480 e. The van der Waals surface area contributed by atoms with Gasteiger partial charge >= 0.3 is 24.1 Å². The van der Waals surface area contributed by atoms with Crippen molar-refractivity contribution in [3.63, 3.8) is 0 Å². The maximum Gasteiger partial charge on any atom is 0.409 e. The van der Waals surface area contributed by atoms with Crippen molar-refractivity contribution in [2.24, 2.45) is 127 Å². The molecule has 12 N–H and O–H groups in total. The summed E-state index contributed by atoms with van der Waals surface area (Å²) in [6, 6.07) is -3.59. The molecule has 0 spiro atoms. The van der Waals surface area contributed by atoms with E-state index in [9.17, 15) is 34.5 Å². The van der Waals surface area contributed by atoms with Crippen molar-refractivity contribution < 1.29 is 39.6 Å². The summed E-state index contributed by atoms with van der Waals surface area (Å²) in [5.74, 6) is 6.85. The molecule has 472 valence electrons. The number of carbonyl (C=O) groups is 4. The molecule has 0 aromatic rings. The van der Waals surface area contributed by atoms with Crippen molar-refractivity contribution in [2.45, 2.75) is 285 Å². The molecule has 14 nitrogen and oxygen atoms in total. The number of hydrogen-bond donors (Lipinski definition) is 8. The number of fused-ring (bicyclic) bond motifs is 10. The molecule has 8 saturated carbocycles. The first-order valence-corrected chi connectivity index (χ1v) is 34.1. The van der Waals surface area contributed by atoms with Crippen molar-refractivity contribution in [3.05, 3.63) is 0 Å². The zero-order valence-corrected chi connectivity index (χ0v) is 53.4. The van der Waals surface area contributed by atoms with E-state index in [1.807, 2.05) is 0 Å². The third kappa shape index (κ3) is 13.1. The Kier molecular flexibility index (Phi) is 22.5. The molecule has 0 aliphatic heterocycles. The number of unbranched alkanes of at least 4 members (excludes halogenated alkanes) is 1. The lowest BCUT2D eigenvalue weighted by Gasteiger charge is -2.64. The average Bonchev–Trinajstić information content (AvgIpc) is 4.09. The SMILES string of the molecule is CC(C)CCC[C@@H](C)[C@H]1CCC2C3CCC4CC(N(C(=O)O)C(CCCN)([C@H](N)C(=O)O)N(C(=O)O)C5CC[C@@]6(C)C(CCC7C6CC[C@@]6(C)C7CC[C@@H]6[C@H](C)CCCC(C)C)C5)CC[C@]4(C)C3CC[C@@]21C.NCCCC[C@H](N)C(=O)O. The maximum atomic E-state index is 14.3. The molecule has 0 aromatic heterocycles. The lowest BCUT2D eigenvalue weighted by Crippen LogP contribution is -2.77. The second-order valence-corrected chi connectivity index (χ2v) is 31.4. The molecule has 2 amide bonds. The van der Waals surface area contributed by atoms with Gasteiger partial charge in [-0.05, 0) is 259 Å². The third-order valence-corrected chi connectivity index (χ3v) is 26.5. The van der Waals surface area contributed by atoms with Crippen molar-refractivity contribution >= 4 is 24.1 Å². The van der Waals surface area contributed by atoms with Crippen molar-refractivity contribution in [1.82, 2.24) is 9.80 Å². The third-order valence-electron chi connectivity index (χ3n) is 26.5. The summed E-state index contributed by atoms with van der Waals surface area (Å²) in [5.41, 5.74) is 22.5. The number of rotatable bonds is 24. The number of nitrogens with zero attached hydrogens (tertiary/aromatic N) is 2. The Labute approximate surface area is 497 Å². The summed E-state index contributed by atoms with van der Waals surface area (Å²) in [6.45, 7) is 25.5. The Bertz CT molecular complexity index is 2010. The molecule has 0 saturated heterocycles. The van der Waals surface area contributed by atoms with Gasteiger partial charge in [0.05, 0.1) is 0 Å². The number of hydrogen-bond acceptors (Lipinski definition) is 8. The zero-order chi connectivity index (χ0) is 60.3. The molecule has 82 heavy (non-hydrogen) atoms. The highest BCUT2D eigenvalue weighted by Gasteiger charge is 2.66. The van der Waals surface area contributed by atoms with Crippen LogP contribution in [0.2, 0.25) is 0 Å². The van der Waals surface area contributed by atoms with Crippen LogP contribution < -0.4 is 22.9 Å². The van der Waals surface area contributed by atoms with Crippen LogP contribution in [0.5, 0.6) is 0 Å². The smallest absolute Gasteiger partial charge is 0.409 e. The highest BCUT2D eigenvalue weighted by molar-refractivity contribution is 5.80. The summed E-state index contributed by atoms with van der Waals surface area (Å²) >= 11 is 0. The van der Waals surface area contributed by atoms with Gasteiger partial charge in [0.1, 0.15) is 12.1 Å². The van der Waals surface area contributed by atoms with Gasteiger partial charge in [-0.15, -0.1) is 0 Å². The minimum Gasteiger partial charge on any atom is -0.480 e.